The Balaban J connectivity index is 2.45. The first-order chi connectivity index (χ1) is 14.8. The molecule has 0 bridgehead atoms. The Morgan fingerprint density at radius 3 is 2.52 bits per heavy atom. The van der Waals surface area contributed by atoms with Gasteiger partial charge in [-0.15, -0.1) is 11.8 Å². The van der Waals surface area contributed by atoms with Gasteiger partial charge in [0, 0.05) is 10.8 Å². The summed E-state index contributed by atoms with van der Waals surface area (Å²) < 4.78 is 34.1. The van der Waals surface area contributed by atoms with Crippen LogP contribution in [0.4, 0.5) is 5.69 Å². The predicted molar refractivity (Wildman–Crippen MR) is 132 cm³/mol. The molecule has 0 radical (unpaired) electrons. The number of benzene rings is 2. The van der Waals surface area contributed by atoms with E-state index in [4.69, 9.17) is 4.74 Å². The minimum atomic E-state index is -3.73. The number of fused-ring (bicyclic) bond motifs is 1. The third-order valence-corrected chi connectivity index (χ3v) is 7.01. The molecule has 0 fully saturated rings. The molecule has 7 heteroatoms. The molecule has 0 saturated heterocycles. The molecule has 0 atom stereocenters. The zero-order valence-corrected chi connectivity index (χ0v) is 20.1. The lowest BCUT2D eigenvalue weighted by Crippen LogP contribution is -2.13. The highest BCUT2D eigenvalue weighted by atomic mass is 32.2. The Morgan fingerprint density at radius 2 is 1.87 bits per heavy atom. The number of hydrogen-bond donors (Lipinski definition) is 2. The van der Waals surface area contributed by atoms with Gasteiger partial charge in [-0.05, 0) is 44.9 Å². The SMILES string of the molecule is CC/C=C\C=C(/C)S(=O)(=O)Nc1cc(SC/C(=C\CC)OCC)c(O)c2ccccc12. The molecule has 2 rings (SSSR count). The Hall–Kier alpha value is -2.38. The minimum absolute atomic E-state index is 0.133. The van der Waals surface area contributed by atoms with Gasteiger partial charge >= 0.3 is 0 Å². The molecule has 0 aliphatic rings. The molecule has 0 heterocycles. The van der Waals surface area contributed by atoms with Crippen LogP contribution in [0.1, 0.15) is 40.5 Å². The summed E-state index contributed by atoms with van der Waals surface area (Å²) >= 11 is 1.41. The van der Waals surface area contributed by atoms with Crippen molar-refractivity contribution >= 4 is 38.2 Å². The van der Waals surface area contributed by atoms with Gasteiger partial charge in [0.2, 0.25) is 0 Å². The third-order valence-electron chi connectivity index (χ3n) is 4.48. The average Bonchev–Trinajstić information content (AvgIpc) is 2.75. The molecule has 0 saturated carbocycles. The van der Waals surface area contributed by atoms with E-state index in [-0.39, 0.29) is 10.7 Å². The quantitative estimate of drug-likeness (QED) is 0.171. The van der Waals surface area contributed by atoms with E-state index < -0.39 is 10.0 Å². The molecule has 168 valence electrons. The summed E-state index contributed by atoms with van der Waals surface area (Å²) in [7, 11) is -3.73. The molecule has 0 spiro atoms. The van der Waals surface area contributed by atoms with Crippen LogP contribution in [0.25, 0.3) is 10.8 Å². The van der Waals surface area contributed by atoms with Gasteiger partial charge in [0.05, 0.1) is 27.8 Å². The monoisotopic (exact) mass is 461 g/mol. The van der Waals surface area contributed by atoms with E-state index in [2.05, 4.69) is 4.72 Å². The molecular formula is C24H31NO4S2. The highest BCUT2D eigenvalue weighted by Crippen LogP contribution is 2.41. The normalized spacial score (nSPS) is 13.2. The molecule has 0 aliphatic carbocycles. The first kappa shape index (κ1) is 24.9. The van der Waals surface area contributed by atoms with Crippen LogP contribution < -0.4 is 4.72 Å². The zero-order valence-electron chi connectivity index (χ0n) is 18.5. The molecule has 2 aromatic rings. The van der Waals surface area contributed by atoms with E-state index in [1.165, 1.54) is 11.8 Å². The summed E-state index contributed by atoms with van der Waals surface area (Å²) in [5.74, 6) is 1.51. The summed E-state index contributed by atoms with van der Waals surface area (Å²) in [5, 5.41) is 12.0. The highest BCUT2D eigenvalue weighted by Gasteiger charge is 2.18. The fourth-order valence-corrected chi connectivity index (χ4v) is 4.73. The van der Waals surface area contributed by atoms with E-state index in [0.29, 0.717) is 33.7 Å². The highest BCUT2D eigenvalue weighted by molar-refractivity contribution is 7.99. The van der Waals surface area contributed by atoms with Crippen LogP contribution in [0.3, 0.4) is 0 Å². The molecule has 0 unspecified atom stereocenters. The summed E-state index contributed by atoms with van der Waals surface area (Å²) in [4.78, 5) is 0.804. The number of ether oxygens (including phenoxy) is 1. The zero-order chi connectivity index (χ0) is 22.9. The largest absolute Gasteiger partial charge is 0.506 e. The van der Waals surface area contributed by atoms with Gasteiger partial charge in [-0.25, -0.2) is 8.42 Å². The minimum Gasteiger partial charge on any atom is -0.506 e. The maximum atomic E-state index is 12.9. The number of thioether (sulfide) groups is 1. The van der Waals surface area contributed by atoms with Crippen LogP contribution in [0, 0.1) is 0 Å². The molecule has 2 aromatic carbocycles. The van der Waals surface area contributed by atoms with Crippen molar-refractivity contribution in [2.75, 3.05) is 17.1 Å². The fraction of sp³-hybridized carbons (Fsp3) is 0.333. The van der Waals surface area contributed by atoms with Crippen molar-refractivity contribution in [3.63, 3.8) is 0 Å². The Morgan fingerprint density at radius 1 is 1.16 bits per heavy atom. The van der Waals surface area contributed by atoms with Crippen LogP contribution in [0.15, 0.2) is 70.2 Å². The first-order valence-corrected chi connectivity index (χ1v) is 12.9. The van der Waals surface area contributed by atoms with Gasteiger partial charge in [0.15, 0.2) is 0 Å². The van der Waals surface area contributed by atoms with Crippen molar-refractivity contribution in [3.05, 3.63) is 65.3 Å². The lowest BCUT2D eigenvalue weighted by atomic mass is 10.1. The number of nitrogens with one attached hydrogen (secondary N) is 1. The topological polar surface area (TPSA) is 75.6 Å². The van der Waals surface area contributed by atoms with Crippen molar-refractivity contribution in [2.24, 2.45) is 0 Å². The van der Waals surface area contributed by atoms with Crippen molar-refractivity contribution in [3.8, 4) is 5.75 Å². The van der Waals surface area contributed by atoms with Gasteiger partial charge in [-0.1, -0.05) is 50.3 Å². The number of rotatable bonds is 11. The standard InChI is InChI=1S/C24H31NO4S2/c1-5-8-9-13-18(4)31(27,28)25-22-16-23(30-17-19(12-6-2)29-7-3)24(26)21-15-11-10-14-20(21)22/h8-16,25-26H,5-7,17H2,1-4H3/b9-8-,18-13+,19-12+. The van der Waals surface area contributed by atoms with E-state index in [1.807, 2.05) is 45.1 Å². The lowest BCUT2D eigenvalue weighted by molar-refractivity contribution is 0.232. The summed E-state index contributed by atoms with van der Waals surface area (Å²) in [6.07, 6.45) is 8.90. The van der Waals surface area contributed by atoms with E-state index in [0.717, 1.165) is 18.6 Å². The van der Waals surface area contributed by atoms with E-state index in [1.54, 1.807) is 37.3 Å². The summed E-state index contributed by atoms with van der Waals surface area (Å²) in [5.41, 5.74) is 0.431. The maximum absolute atomic E-state index is 12.9. The second kappa shape index (κ2) is 11.9. The number of allylic oxidation sites excluding steroid dienone is 5. The van der Waals surface area contributed by atoms with Crippen molar-refractivity contribution in [2.45, 2.75) is 45.4 Å². The number of aromatic hydroxyl groups is 1. The Kier molecular flexibility index (Phi) is 9.52. The lowest BCUT2D eigenvalue weighted by Gasteiger charge is -2.15. The van der Waals surface area contributed by atoms with Crippen LogP contribution >= 0.6 is 11.8 Å². The molecule has 2 N–H and O–H groups in total. The van der Waals surface area contributed by atoms with Crippen molar-refractivity contribution in [1.82, 2.24) is 0 Å². The second-order valence-corrected chi connectivity index (χ2v) is 9.71. The van der Waals surface area contributed by atoms with E-state index in [9.17, 15) is 13.5 Å². The number of sulfonamides is 1. The van der Waals surface area contributed by atoms with Gasteiger partial charge in [-0.2, -0.15) is 0 Å². The van der Waals surface area contributed by atoms with Crippen LogP contribution in [-0.4, -0.2) is 25.9 Å². The third kappa shape index (κ3) is 6.80. The second-order valence-electron chi connectivity index (χ2n) is 6.84. The smallest absolute Gasteiger partial charge is 0.257 e. The predicted octanol–water partition coefficient (Wildman–Crippen LogP) is 6.58. The Labute approximate surface area is 189 Å². The number of anilines is 1. The van der Waals surface area contributed by atoms with Crippen molar-refractivity contribution in [1.29, 1.82) is 0 Å². The first-order valence-electron chi connectivity index (χ1n) is 10.4. The van der Waals surface area contributed by atoms with Crippen molar-refractivity contribution < 1.29 is 18.3 Å². The van der Waals surface area contributed by atoms with Crippen LogP contribution in [0.5, 0.6) is 5.75 Å². The number of phenols is 1. The van der Waals surface area contributed by atoms with Gasteiger partial charge < -0.3 is 9.84 Å². The number of hydrogen-bond acceptors (Lipinski definition) is 5. The van der Waals surface area contributed by atoms with E-state index >= 15 is 0 Å². The molecule has 0 aliphatic heterocycles. The van der Waals surface area contributed by atoms with Gasteiger partial charge in [0.25, 0.3) is 10.0 Å². The van der Waals surface area contributed by atoms with Crippen LogP contribution in [0.2, 0.25) is 0 Å². The molecule has 31 heavy (non-hydrogen) atoms. The van der Waals surface area contributed by atoms with Crippen LogP contribution in [-0.2, 0) is 14.8 Å². The fourth-order valence-electron chi connectivity index (χ4n) is 2.90. The summed E-state index contributed by atoms with van der Waals surface area (Å²) in [6, 6.07) is 8.89. The van der Waals surface area contributed by atoms with Gasteiger partial charge in [0.1, 0.15) is 11.5 Å². The Bertz CT molecular complexity index is 1090. The molecule has 0 amide bonds. The molecule has 5 nitrogen and oxygen atoms in total. The average molecular weight is 462 g/mol. The molecule has 0 aromatic heterocycles. The number of phenolic OH excluding ortho intramolecular Hbond substituents is 1. The van der Waals surface area contributed by atoms with Gasteiger partial charge in [-0.3, -0.25) is 4.72 Å². The summed E-state index contributed by atoms with van der Waals surface area (Å²) in [6.45, 7) is 8.08. The molecular weight excluding hydrogens is 430 g/mol. The maximum Gasteiger partial charge on any atom is 0.257 e.